The summed E-state index contributed by atoms with van der Waals surface area (Å²) in [6.07, 6.45) is 1.65. The average Bonchev–Trinajstić information content (AvgIpc) is 2.70. The number of hydrogen-bond acceptors (Lipinski definition) is 2. The van der Waals surface area contributed by atoms with Gasteiger partial charge in [-0.2, -0.15) is 0 Å². The van der Waals surface area contributed by atoms with Crippen molar-refractivity contribution in [3.63, 3.8) is 0 Å². The van der Waals surface area contributed by atoms with E-state index in [1.165, 1.54) is 16.7 Å². The summed E-state index contributed by atoms with van der Waals surface area (Å²) in [5.74, 6) is 0. The lowest BCUT2D eigenvalue weighted by Gasteiger charge is -2.14. The van der Waals surface area contributed by atoms with E-state index in [0.717, 1.165) is 5.56 Å². The summed E-state index contributed by atoms with van der Waals surface area (Å²) in [5.41, 5.74) is 4.42. The normalized spacial score (nSPS) is 12.7. The first-order chi connectivity index (χ1) is 8.09. The van der Waals surface area contributed by atoms with Gasteiger partial charge in [-0.25, -0.2) is 0 Å². The zero-order valence-electron chi connectivity index (χ0n) is 9.90. The van der Waals surface area contributed by atoms with Gasteiger partial charge in [0.2, 0.25) is 0 Å². The fraction of sp³-hybridized carbons (Fsp3) is 0.286. The van der Waals surface area contributed by atoms with Crippen LogP contribution in [-0.4, -0.2) is 5.11 Å². The van der Waals surface area contributed by atoms with E-state index in [-0.39, 0.29) is 0 Å². The number of aryl methyl sites for hydroxylation is 2. The second-order valence-electron chi connectivity index (χ2n) is 4.24. The summed E-state index contributed by atoms with van der Waals surface area (Å²) < 4.78 is 5.75. The van der Waals surface area contributed by atoms with Gasteiger partial charge in [-0.05, 0) is 52.5 Å². The summed E-state index contributed by atoms with van der Waals surface area (Å²) in [5, 5.41) is 10.2. The van der Waals surface area contributed by atoms with Crippen molar-refractivity contribution < 1.29 is 9.52 Å². The minimum atomic E-state index is -0.539. The standard InChI is InChI=1S/C14H15BrO2/c1-9-4-3-5-10(2)12(9)8-13(16)11-6-7-17-14(11)15/h3-7,13,16H,8H2,1-2H3. The van der Waals surface area contributed by atoms with Crippen LogP contribution in [0.3, 0.4) is 0 Å². The molecule has 0 aliphatic heterocycles. The second-order valence-corrected chi connectivity index (χ2v) is 4.96. The third-order valence-corrected chi connectivity index (χ3v) is 3.69. The molecule has 0 aliphatic carbocycles. The molecule has 0 radical (unpaired) electrons. The molecule has 2 rings (SSSR count). The topological polar surface area (TPSA) is 33.4 Å². The molecule has 1 unspecified atom stereocenters. The Bertz CT molecular complexity index is 496. The van der Waals surface area contributed by atoms with Crippen LogP contribution in [0, 0.1) is 13.8 Å². The maximum atomic E-state index is 10.2. The third kappa shape index (κ3) is 2.61. The predicted molar refractivity (Wildman–Crippen MR) is 71.0 cm³/mol. The maximum absolute atomic E-state index is 10.2. The number of benzene rings is 1. The van der Waals surface area contributed by atoms with Gasteiger partial charge in [0.05, 0.1) is 12.4 Å². The summed E-state index contributed by atoms with van der Waals surface area (Å²) in [6, 6.07) is 7.97. The highest BCUT2D eigenvalue weighted by Crippen LogP contribution is 2.28. The van der Waals surface area contributed by atoms with Gasteiger partial charge >= 0.3 is 0 Å². The Labute approximate surface area is 109 Å². The minimum Gasteiger partial charge on any atom is -0.457 e. The summed E-state index contributed by atoms with van der Waals surface area (Å²) in [4.78, 5) is 0. The van der Waals surface area contributed by atoms with E-state index in [9.17, 15) is 5.11 Å². The highest BCUT2D eigenvalue weighted by atomic mass is 79.9. The summed E-state index contributed by atoms with van der Waals surface area (Å²) >= 11 is 3.29. The Hall–Kier alpha value is -1.06. The molecule has 0 bridgehead atoms. The lowest BCUT2D eigenvalue weighted by Crippen LogP contribution is -2.04. The van der Waals surface area contributed by atoms with E-state index in [1.54, 1.807) is 12.3 Å². The number of aliphatic hydroxyl groups excluding tert-OH is 1. The van der Waals surface area contributed by atoms with E-state index >= 15 is 0 Å². The number of aliphatic hydroxyl groups is 1. The Morgan fingerprint density at radius 1 is 1.24 bits per heavy atom. The van der Waals surface area contributed by atoms with Crippen molar-refractivity contribution in [3.05, 3.63) is 57.5 Å². The SMILES string of the molecule is Cc1cccc(C)c1CC(O)c1ccoc1Br. The van der Waals surface area contributed by atoms with Gasteiger partial charge < -0.3 is 9.52 Å². The largest absolute Gasteiger partial charge is 0.457 e. The first-order valence-corrected chi connectivity index (χ1v) is 6.35. The van der Waals surface area contributed by atoms with Gasteiger partial charge in [0.15, 0.2) is 4.67 Å². The predicted octanol–water partition coefficient (Wildman–Crippen LogP) is 3.94. The molecule has 2 nitrogen and oxygen atoms in total. The molecular weight excluding hydrogens is 280 g/mol. The van der Waals surface area contributed by atoms with Crippen molar-refractivity contribution in [1.29, 1.82) is 0 Å². The molecule has 17 heavy (non-hydrogen) atoms. The van der Waals surface area contributed by atoms with Crippen molar-refractivity contribution >= 4 is 15.9 Å². The van der Waals surface area contributed by atoms with Crippen LogP contribution < -0.4 is 0 Å². The van der Waals surface area contributed by atoms with Gasteiger partial charge in [0.25, 0.3) is 0 Å². The van der Waals surface area contributed by atoms with E-state index in [2.05, 4.69) is 41.9 Å². The number of halogens is 1. The van der Waals surface area contributed by atoms with E-state index in [0.29, 0.717) is 11.1 Å². The molecule has 2 aromatic rings. The summed E-state index contributed by atoms with van der Waals surface area (Å²) in [7, 11) is 0. The van der Waals surface area contributed by atoms with Crippen LogP contribution >= 0.6 is 15.9 Å². The molecule has 1 atom stereocenters. The number of hydrogen-bond donors (Lipinski definition) is 1. The number of rotatable bonds is 3. The highest BCUT2D eigenvalue weighted by Gasteiger charge is 2.16. The molecule has 1 heterocycles. The molecule has 0 aliphatic rings. The fourth-order valence-corrected chi connectivity index (χ4v) is 2.52. The third-order valence-electron chi connectivity index (χ3n) is 3.05. The van der Waals surface area contributed by atoms with Crippen LogP contribution in [0.25, 0.3) is 0 Å². The van der Waals surface area contributed by atoms with Crippen molar-refractivity contribution in [2.45, 2.75) is 26.4 Å². The molecule has 0 spiro atoms. The lowest BCUT2D eigenvalue weighted by atomic mass is 9.95. The van der Waals surface area contributed by atoms with Gasteiger partial charge in [-0.1, -0.05) is 18.2 Å². The average molecular weight is 295 g/mol. The zero-order valence-corrected chi connectivity index (χ0v) is 11.5. The van der Waals surface area contributed by atoms with Crippen LogP contribution in [0.1, 0.15) is 28.4 Å². The molecule has 0 saturated heterocycles. The molecule has 0 fully saturated rings. The molecule has 1 aromatic carbocycles. The number of furan rings is 1. The van der Waals surface area contributed by atoms with E-state index in [4.69, 9.17) is 4.42 Å². The van der Waals surface area contributed by atoms with Crippen LogP contribution in [0.15, 0.2) is 39.6 Å². The smallest absolute Gasteiger partial charge is 0.174 e. The highest BCUT2D eigenvalue weighted by molar-refractivity contribution is 9.10. The zero-order chi connectivity index (χ0) is 12.4. The molecule has 0 amide bonds. The summed E-state index contributed by atoms with van der Waals surface area (Å²) in [6.45, 7) is 4.14. The molecular formula is C14H15BrO2. The van der Waals surface area contributed by atoms with Crippen LogP contribution in [0.2, 0.25) is 0 Å². The molecule has 3 heteroatoms. The quantitative estimate of drug-likeness (QED) is 0.930. The van der Waals surface area contributed by atoms with Gasteiger partial charge in [0.1, 0.15) is 0 Å². The Morgan fingerprint density at radius 2 is 1.88 bits per heavy atom. The Balaban J connectivity index is 2.25. The monoisotopic (exact) mass is 294 g/mol. The first-order valence-electron chi connectivity index (χ1n) is 5.55. The van der Waals surface area contributed by atoms with Crippen molar-refractivity contribution in [2.75, 3.05) is 0 Å². The molecule has 1 aromatic heterocycles. The minimum absolute atomic E-state index is 0.539. The van der Waals surface area contributed by atoms with Gasteiger partial charge in [-0.15, -0.1) is 0 Å². The van der Waals surface area contributed by atoms with Crippen LogP contribution in [0.5, 0.6) is 0 Å². The van der Waals surface area contributed by atoms with Crippen molar-refractivity contribution in [3.8, 4) is 0 Å². The van der Waals surface area contributed by atoms with E-state index < -0.39 is 6.10 Å². The first kappa shape index (κ1) is 12.4. The fourth-order valence-electron chi connectivity index (χ4n) is 2.02. The van der Waals surface area contributed by atoms with Crippen LogP contribution in [-0.2, 0) is 6.42 Å². The molecule has 1 N–H and O–H groups in total. The van der Waals surface area contributed by atoms with Gasteiger partial charge in [-0.3, -0.25) is 0 Å². The van der Waals surface area contributed by atoms with E-state index in [1.807, 2.05) is 6.07 Å². The molecule has 90 valence electrons. The maximum Gasteiger partial charge on any atom is 0.174 e. The molecule has 0 saturated carbocycles. The van der Waals surface area contributed by atoms with Crippen molar-refractivity contribution in [1.82, 2.24) is 0 Å². The van der Waals surface area contributed by atoms with Crippen LogP contribution in [0.4, 0.5) is 0 Å². The second kappa shape index (κ2) is 5.07. The van der Waals surface area contributed by atoms with Gasteiger partial charge in [0, 0.05) is 12.0 Å². The lowest BCUT2D eigenvalue weighted by molar-refractivity contribution is 0.176. The Kier molecular flexibility index (Phi) is 3.69. The Morgan fingerprint density at radius 3 is 2.41 bits per heavy atom. The van der Waals surface area contributed by atoms with Crippen molar-refractivity contribution in [2.24, 2.45) is 0 Å².